The van der Waals surface area contributed by atoms with E-state index in [0.717, 1.165) is 6.07 Å². The number of amides is 1. The van der Waals surface area contributed by atoms with Crippen LogP contribution in [0.3, 0.4) is 0 Å². The minimum atomic E-state index is -0.567. The van der Waals surface area contributed by atoms with Crippen molar-refractivity contribution in [3.63, 3.8) is 0 Å². The van der Waals surface area contributed by atoms with Gasteiger partial charge in [-0.3, -0.25) is 9.59 Å². The fraction of sp³-hybridized carbons (Fsp3) is 0.143. The van der Waals surface area contributed by atoms with E-state index in [1.54, 1.807) is 29.1 Å². The average Bonchev–Trinajstić information content (AvgIpc) is 2.98. The molecular weight excluding hydrogens is 263 g/mol. The molecule has 0 atom stereocenters. The van der Waals surface area contributed by atoms with E-state index in [-0.39, 0.29) is 12.1 Å². The lowest BCUT2D eigenvalue weighted by Crippen LogP contribution is -2.30. The Labute approximate surface area is 115 Å². The molecule has 104 valence electrons. The summed E-state index contributed by atoms with van der Waals surface area (Å²) in [4.78, 5) is 22.6. The number of nitrogens with one attached hydrogen (secondary N) is 1. The fourth-order valence-electron chi connectivity index (χ4n) is 1.68. The molecule has 1 amide bonds. The molecule has 5 nitrogen and oxygen atoms in total. The third-order valence-corrected chi connectivity index (χ3v) is 2.71. The van der Waals surface area contributed by atoms with Crippen LogP contribution in [0, 0.1) is 5.82 Å². The molecule has 0 spiro atoms. The van der Waals surface area contributed by atoms with E-state index in [1.165, 1.54) is 19.2 Å². The number of carbonyl (C=O) groups excluding carboxylic acids is 2. The van der Waals surface area contributed by atoms with E-state index in [2.05, 4.69) is 10.1 Å². The van der Waals surface area contributed by atoms with Crippen LogP contribution in [-0.4, -0.2) is 30.1 Å². The number of methoxy groups -OCH3 is 1. The SMILES string of the molecule is COC(=O)CNC(=O)c1ccc(-n2cccc2)c(F)c1. The van der Waals surface area contributed by atoms with E-state index in [9.17, 15) is 14.0 Å². The van der Waals surface area contributed by atoms with E-state index in [1.807, 2.05) is 0 Å². The molecule has 1 aromatic heterocycles. The van der Waals surface area contributed by atoms with Gasteiger partial charge in [-0.15, -0.1) is 0 Å². The maximum absolute atomic E-state index is 13.9. The van der Waals surface area contributed by atoms with Gasteiger partial charge in [0.2, 0.25) is 0 Å². The van der Waals surface area contributed by atoms with Crippen molar-refractivity contribution in [2.75, 3.05) is 13.7 Å². The van der Waals surface area contributed by atoms with Gasteiger partial charge in [0.15, 0.2) is 0 Å². The Hall–Kier alpha value is -2.63. The Morgan fingerprint density at radius 1 is 1.30 bits per heavy atom. The molecule has 2 rings (SSSR count). The summed E-state index contributed by atoms with van der Waals surface area (Å²) in [6, 6.07) is 7.67. The standard InChI is InChI=1S/C14H13FN2O3/c1-20-13(18)9-16-14(19)10-4-5-12(11(15)8-10)17-6-2-3-7-17/h2-8H,9H2,1H3,(H,16,19). The van der Waals surface area contributed by atoms with Gasteiger partial charge in [0.1, 0.15) is 12.4 Å². The number of ether oxygens (including phenoxy) is 1. The van der Waals surface area contributed by atoms with Gasteiger partial charge < -0.3 is 14.6 Å². The number of hydrogen-bond acceptors (Lipinski definition) is 3. The number of rotatable bonds is 4. The smallest absolute Gasteiger partial charge is 0.325 e. The zero-order valence-corrected chi connectivity index (χ0v) is 10.8. The lowest BCUT2D eigenvalue weighted by atomic mass is 10.2. The highest BCUT2D eigenvalue weighted by atomic mass is 19.1. The Morgan fingerprint density at radius 3 is 2.60 bits per heavy atom. The van der Waals surface area contributed by atoms with Crippen LogP contribution in [0.25, 0.3) is 5.69 Å². The Morgan fingerprint density at radius 2 is 2.00 bits per heavy atom. The quantitative estimate of drug-likeness (QED) is 0.861. The van der Waals surface area contributed by atoms with Crippen LogP contribution < -0.4 is 5.32 Å². The molecule has 1 N–H and O–H groups in total. The van der Waals surface area contributed by atoms with Gasteiger partial charge in [0, 0.05) is 18.0 Å². The van der Waals surface area contributed by atoms with Gasteiger partial charge in [0.25, 0.3) is 5.91 Å². The second kappa shape index (κ2) is 6.01. The van der Waals surface area contributed by atoms with Gasteiger partial charge in [-0.05, 0) is 30.3 Å². The molecule has 0 saturated heterocycles. The molecule has 0 aliphatic rings. The molecule has 0 radical (unpaired) electrons. The lowest BCUT2D eigenvalue weighted by Gasteiger charge is -2.07. The first-order valence-corrected chi connectivity index (χ1v) is 5.89. The third kappa shape index (κ3) is 3.03. The monoisotopic (exact) mass is 276 g/mol. The van der Waals surface area contributed by atoms with Gasteiger partial charge in [-0.2, -0.15) is 0 Å². The Kier molecular flexibility index (Phi) is 4.14. The topological polar surface area (TPSA) is 60.3 Å². The molecule has 0 saturated carbocycles. The molecule has 20 heavy (non-hydrogen) atoms. The largest absolute Gasteiger partial charge is 0.468 e. The van der Waals surface area contributed by atoms with Crippen LogP contribution in [0.15, 0.2) is 42.7 Å². The molecular formula is C14H13FN2O3. The highest BCUT2D eigenvalue weighted by molar-refractivity contribution is 5.96. The van der Waals surface area contributed by atoms with Crippen LogP contribution in [0.5, 0.6) is 0 Å². The van der Waals surface area contributed by atoms with Crippen molar-refractivity contribution in [3.8, 4) is 5.69 Å². The Bertz CT molecular complexity index is 623. The molecule has 6 heteroatoms. The predicted molar refractivity (Wildman–Crippen MR) is 70.1 cm³/mol. The van der Waals surface area contributed by atoms with Crippen molar-refractivity contribution in [1.82, 2.24) is 9.88 Å². The number of carbonyl (C=O) groups is 2. The van der Waals surface area contributed by atoms with Crippen LogP contribution in [0.1, 0.15) is 10.4 Å². The molecule has 0 fully saturated rings. The van der Waals surface area contributed by atoms with E-state index < -0.39 is 17.7 Å². The summed E-state index contributed by atoms with van der Waals surface area (Å²) >= 11 is 0. The number of esters is 1. The first kappa shape index (κ1) is 13.8. The number of nitrogens with zero attached hydrogens (tertiary/aromatic N) is 1. The summed E-state index contributed by atoms with van der Waals surface area (Å²) < 4.78 is 19.9. The van der Waals surface area contributed by atoms with Gasteiger partial charge in [0.05, 0.1) is 12.8 Å². The normalized spacial score (nSPS) is 10.1. The first-order valence-electron chi connectivity index (χ1n) is 5.89. The van der Waals surface area contributed by atoms with Crippen molar-refractivity contribution in [1.29, 1.82) is 0 Å². The van der Waals surface area contributed by atoms with Crippen molar-refractivity contribution < 1.29 is 18.7 Å². The lowest BCUT2D eigenvalue weighted by molar-refractivity contribution is -0.139. The highest BCUT2D eigenvalue weighted by Crippen LogP contribution is 2.15. The first-order chi connectivity index (χ1) is 9.61. The van der Waals surface area contributed by atoms with E-state index in [0.29, 0.717) is 5.69 Å². The summed E-state index contributed by atoms with van der Waals surface area (Å²) in [5.41, 5.74) is 0.488. The molecule has 0 bridgehead atoms. The second-order valence-corrected chi connectivity index (χ2v) is 4.02. The zero-order chi connectivity index (χ0) is 14.5. The number of aromatic nitrogens is 1. The molecule has 1 aromatic carbocycles. The molecule has 0 unspecified atom stereocenters. The van der Waals surface area contributed by atoms with E-state index in [4.69, 9.17) is 0 Å². The van der Waals surface area contributed by atoms with Crippen LogP contribution in [0.2, 0.25) is 0 Å². The Balaban J connectivity index is 2.13. The summed E-state index contributed by atoms with van der Waals surface area (Å²) in [7, 11) is 1.22. The minimum absolute atomic E-state index is 0.141. The van der Waals surface area contributed by atoms with Crippen molar-refractivity contribution >= 4 is 11.9 Å². The summed E-state index contributed by atoms with van der Waals surface area (Å²) in [6.45, 7) is -0.254. The maximum Gasteiger partial charge on any atom is 0.325 e. The highest BCUT2D eigenvalue weighted by Gasteiger charge is 2.11. The third-order valence-electron chi connectivity index (χ3n) is 2.71. The summed E-state index contributed by atoms with van der Waals surface area (Å²) in [5.74, 6) is -1.62. The minimum Gasteiger partial charge on any atom is -0.468 e. The maximum atomic E-state index is 13.9. The number of hydrogen-bond donors (Lipinski definition) is 1. The molecule has 0 aliphatic heterocycles. The number of halogens is 1. The summed E-state index contributed by atoms with van der Waals surface area (Å²) in [6.07, 6.45) is 3.41. The summed E-state index contributed by atoms with van der Waals surface area (Å²) in [5, 5.41) is 2.34. The van der Waals surface area contributed by atoms with Crippen molar-refractivity contribution in [3.05, 3.63) is 54.1 Å². The van der Waals surface area contributed by atoms with Crippen LogP contribution in [-0.2, 0) is 9.53 Å². The van der Waals surface area contributed by atoms with Gasteiger partial charge in [-0.25, -0.2) is 4.39 Å². The van der Waals surface area contributed by atoms with Crippen molar-refractivity contribution in [2.45, 2.75) is 0 Å². The molecule has 1 heterocycles. The fourth-order valence-corrected chi connectivity index (χ4v) is 1.68. The predicted octanol–water partition coefficient (Wildman–Crippen LogP) is 1.52. The van der Waals surface area contributed by atoms with Crippen LogP contribution in [0.4, 0.5) is 4.39 Å². The molecule has 2 aromatic rings. The second-order valence-electron chi connectivity index (χ2n) is 4.02. The molecule has 0 aliphatic carbocycles. The zero-order valence-electron chi connectivity index (χ0n) is 10.8. The van der Waals surface area contributed by atoms with Crippen LogP contribution >= 0.6 is 0 Å². The average molecular weight is 276 g/mol. The van der Waals surface area contributed by atoms with Gasteiger partial charge >= 0.3 is 5.97 Å². The number of benzene rings is 1. The van der Waals surface area contributed by atoms with Gasteiger partial charge in [-0.1, -0.05) is 0 Å². The van der Waals surface area contributed by atoms with E-state index >= 15 is 0 Å². The van der Waals surface area contributed by atoms with Crippen molar-refractivity contribution in [2.24, 2.45) is 0 Å².